The molecule has 1 fully saturated rings. The van der Waals surface area contributed by atoms with Crippen LogP contribution in [-0.4, -0.2) is 52.3 Å². The molecule has 24 heavy (non-hydrogen) atoms. The zero-order valence-electron chi connectivity index (χ0n) is 14.0. The zero-order chi connectivity index (χ0) is 16.6. The molecule has 1 atom stereocenters. The highest BCUT2D eigenvalue weighted by atomic mass is 16.3. The molecular formula is C19H26N4O. The number of aliphatic hydroxyl groups is 1. The van der Waals surface area contributed by atoms with Gasteiger partial charge in [0.1, 0.15) is 0 Å². The van der Waals surface area contributed by atoms with Crippen LogP contribution in [0.15, 0.2) is 48.9 Å². The molecule has 0 aromatic carbocycles. The Morgan fingerprint density at radius 2 is 2.04 bits per heavy atom. The molecule has 1 saturated heterocycles. The predicted octanol–water partition coefficient (Wildman–Crippen LogP) is 1.81. The van der Waals surface area contributed by atoms with Gasteiger partial charge in [-0.05, 0) is 36.6 Å². The van der Waals surface area contributed by atoms with Crippen molar-refractivity contribution in [2.24, 2.45) is 0 Å². The highest BCUT2D eigenvalue weighted by Crippen LogP contribution is 2.16. The van der Waals surface area contributed by atoms with Gasteiger partial charge in [-0.15, -0.1) is 0 Å². The first-order valence-electron chi connectivity index (χ1n) is 8.71. The van der Waals surface area contributed by atoms with Gasteiger partial charge in [0.25, 0.3) is 0 Å². The molecule has 3 rings (SSSR count). The number of nitrogens with zero attached hydrogens (tertiary/aromatic N) is 3. The van der Waals surface area contributed by atoms with Gasteiger partial charge in [-0.3, -0.25) is 14.9 Å². The van der Waals surface area contributed by atoms with Crippen LogP contribution in [-0.2, 0) is 6.54 Å². The van der Waals surface area contributed by atoms with Crippen molar-refractivity contribution in [3.63, 3.8) is 0 Å². The SMILES string of the molecule is OCC(CNC1CCN(Cc2ccccn2)CC1)c1cccnc1. The summed E-state index contributed by atoms with van der Waals surface area (Å²) in [6.45, 7) is 4.06. The van der Waals surface area contributed by atoms with Crippen LogP contribution >= 0.6 is 0 Å². The van der Waals surface area contributed by atoms with Crippen molar-refractivity contribution in [1.29, 1.82) is 0 Å². The van der Waals surface area contributed by atoms with Gasteiger partial charge in [-0.2, -0.15) is 0 Å². The summed E-state index contributed by atoms with van der Waals surface area (Å²) in [7, 11) is 0. The first-order chi connectivity index (χ1) is 11.8. The first kappa shape index (κ1) is 17.0. The molecule has 0 saturated carbocycles. The van der Waals surface area contributed by atoms with Gasteiger partial charge in [0.15, 0.2) is 0 Å². The van der Waals surface area contributed by atoms with Gasteiger partial charge in [-0.1, -0.05) is 12.1 Å². The summed E-state index contributed by atoms with van der Waals surface area (Å²) in [5, 5.41) is 13.3. The van der Waals surface area contributed by atoms with Crippen molar-refractivity contribution in [1.82, 2.24) is 20.2 Å². The monoisotopic (exact) mass is 326 g/mol. The van der Waals surface area contributed by atoms with E-state index in [1.165, 1.54) is 0 Å². The topological polar surface area (TPSA) is 61.3 Å². The van der Waals surface area contributed by atoms with E-state index in [0.717, 1.165) is 50.3 Å². The van der Waals surface area contributed by atoms with Crippen LogP contribution in [0, 0.1) is 0 Å². The van der Waals surface area contributed by atoms with Gasteiger partial charge in [0, 0.05) is 56.7 Å². The smallest absolute Gasteiger partial charge is 0.0543 e. The lowest BCUT2D eigenvalue weighted by Crippen LogP contribution is -2.43. The number of likely N-dealkylation sites (tertiary alicyclic amines) is 1. The second-order valence-electron chi connectivity index (χ2n) is 6.45. The maximum absolute atomic E-state index is 9.63. The summed E-state index contributed by atoms with van der Waals surface area (Å²) >= 11 is 0. The second-order valence-corrected chi connectivity index (χ2v) is 6.45. The third kappa shape index (κ3) is 4.84. The molecule has 2 aromatic rings. The largest absolute Gasteiger partial charge is 0.396 e. The third-order valence-electron chi connectivity index (χ3n) is 4.73. The Morgan fingerprint density at radius 3 is 2.71 bits per heavy atom. The summed E-state index contributed by atoms with van der Waals surface area (Å²) in [6.07, 6.45) is 7.74. The van der Waals surface area contributed by atoms with Crippen molar-refractivity contribution in [2.75, 3.05) is 26.2 Å². The molecule has 1 aliphatic heterocycles. The van der Waals surface area contributed by atoms with Crippen molar-refractivity contribution in [3.05, 3.63) is 60.2 Å². The lowest BCUT2D eigenvalue weighted by molar-refractivity contribution is 0.183. The standard InChI is InChI=1S/C19H26N4O/c24-15-17(16-4-3-8-20-12-16)13-22-18-6-10-23(11-7-18)14-19-5-1-2-9-21-19/h1-5,8-9,12,17-18,22,24H,6-7,10-11,13-15H2. The average molecular weight is 326 g/mol. The van der Waals surface area contributed by atoms with E-state index in [1.807, 2.05) is 36.7 Å². The number of pyridine rings is 2. The van der Waals surface area contributed by atoms with Crippen LogP contribution in [0.5, 0.6) is 0 Å². The summed E-state index contributed by atoms with van der Waals surface area (Å²) in [5.74, 6) is 0.116. The van der Waals surface area contributed by atoms with E-state index < -0.39 is 0 Å². The predicted molar refractivity (Wildman–Crippen MR) is 94.6 cm³/mol. The zero-order valence-corrected chi connectivity index (χ0v) is 14.0. The summed E-state index contributed by atoms with van der Waals surface area (Å²) in [5.41, 5.74) is 2.24. The quantitative estimate of drug-likeness (QED) is 0.812. The Bertz CT molecular complexity index is 585. The molecule has 3 heterocycles. The van der Waals surface area contributed by atoms with Crippen LogP contribution in [0.4, 0.5) is 0 Å². The van der Waals surface area contributed by atoms with E-state index in [1.54, 1.807) is 6.20 Å². The fourth-order valence-corrected chi connectivity index (χ4v) is 3.23. The molecule has 0 aliphatic carbocycles. The second kappa shape index (κ2) is 8.87. The third-order valence-corrected chi connectivity index (χ3v) is 4.73. The van der Waals surface area contributed by atoms with Crippen molar-refractivity contribution < 1.29 is 5.11 Å². The molecule has 5 heteroatoms. The highest BCUT2D eigenvalue weighted by molar-refractivity contribution is 5.15. The molecular weight excluding hydrogens is 300 g/mol. The van der Waals surface area contributed by atoms with Crippen LogP contribution in [0.3, 0.4) is 0 Å². The Morgan fingerprint density at radius 1 is 1.17 bits per heavy atom. The molecule has 2 aromatic heterocycles. The summed E-state index contributed by atoms with van der Waals surface area (Å²) in [6, 6.07) is 10.6. The molecule has 1 aliphatic rings. The molecule has 0 bridgehead atoms. The maximum atomic E-state index is 9.63. The van der Waals surface area contributed by atoms with Crippen molar-refractivity contribution in [2.45, 2.75) is 31.3 Å². The van der Waals surface area contributed by atoms with Gasteiger partial charge in [-0.25, -0.2) is 0 Å². The van der Waals surface area contributed by atoms with E-state index in [-0.39, 0.29) is 12.5 Å². The van der Waals surface area contributed by atoms with Crippen LogP contribution in [0.25, 0.3) is 0 Å². The minimum absolute atomic E-state index is 0.116. The number of hydrogen-bond acceptors (Lipinski definition) is 5. The normalized spacial score (nSPS) is 17.7. The Labute approximate surface area is 143 Å². The highest BCUT2D eigenvalue weighted by Gasteiger charge is 2.20. The minimum Gasteiger partial charge on any atom is -0.396 e. The van der Waals surface area contributed by atoms with Crippen LogP contribution < -0.4 is 5.32 Å². The number of aliphatic hydroxyl groups excluding tert-OH is 1. The molecule has 1 unspecified atom stereocenters. The summed E-state index contributed by atoms with van der Waals surface area (Å²) < 4.78 is 0. The van der Waals surface area contributed by atoms with E-state index in [4.69, 9.17) is 0 Å². The van der Waals surface area contributed by atoms with Crippen LogP contribution in [0.2, 0.25) is 0 Å². The fraction of sp³-hybridized carbons (Fsp3) is 0.474. The van der Waals surface area contributed by atoms with E-state index in [9.17, 15) is 5.11 Å². The lowest BCUT2D eigenvalue weighted by Gasteiger charge is -2.33. The molecule has 2 N–H and O–H groups in total. The molecule has 0 spiro atoms. The fourth-order valence-electron chi connectivity index (χ4n) is 3.23. The van der Waals surface area contributed by atoms with Crippen LogP contribution in [0.1, 0.15) is 30.0 Å². The van der Waals surface area contributed by atoms with Gasteiger partial charge in [0.2, 0.25) is 0 Å². The lowest BCUT2D eigenvalue weighted by atomic mass is 9.99. The first-order valence-corrected chi connectivity index (χ1v) is 8.71. The number of piperidine rings is 1. The minimum atomic E-state index is 0.116. The van der Waals surface area contributed by atoms with Gasteiger partial charge >= 0.3 is 0 Å². The Hall–Kier alpha value is -1.82. The maximum Gasteiger partial charge on any atom is 0.0543 e. The van der Waals surface area contributed by atoms with E-state index >= 15 is 0 Å². The molecule has 0 amide bonds. The Balaban J connectivity index is 1.42. The van der Waals surface area contributed by atoms with Crippen molar-refractivity contribution >= 4 is 0 Å². The van der Waals surface area contributed by atoms with Gasteiger partial charge in [0.05, 0.1) is 12.3 Å². The number of rotatable bonds is 7. The number of aromatic nitrogens is 2. The number of hydrogen-bond donors (Lipinski definition) is 2. The van der Waals surface area contributed by atoms with Crippen molar-refractivity contribution in [3.8, 4) is 0 Å². The summed E-state index contributed by atoms with van der Waals surface area (Å²) in [4.78, 5) is 11.0. The average Bonchev–Trinajstić information content (AvgIpc) is 2.65. The van der Waals surface area contributed by atoms with E-state index in [2.05, 4.69) is 26.3 Å². The molecule has 128 valence electrons. The number of nitrogens with one attached hydrogen (secondary N) is 1. The molecule has 0 radical (unpaired) electrons. The van der Waals surface area contributed by atoms with E-state index in [0.29, 0.717) is 6.04 Å². The van der Waals surface area contributed by atoms with Gasteiger partial charge < -0.3 is 10.4 Å². The molecule has 5 nitrogen and oxygen atoms in total. The Kier molecular flexibility index (Phi) is 6.29.